The lowest BCUT2D eigenvalue weighted by Gasteiger charge is -2.15. The maximum atomic E-state index is 12.0. The highest BCUT2D eigenvalue weighted by Gasteiger charge is 2.14. The van der Waals surface area contributed by atoms with Crippen molar-refractivity contribution in [2.45, 2.75) is 31.7 Å². The van der Waals surface area contributed by atoms with Gasteiger partial charge in [0.05, 0.1) is 13.5 Å². The van der Waals surface area contributed by atoms with Crippen LogP contribution in [0, 0.1) is 0 Å². The summed E-state index contributed by atoms with van der Waals surface area (Å²) in [5.41, 5.74) is 1.02. The molecule has 2 N–H and O–H groups in total. The fourth-order valence-electron chi connectivity index (χ4n) is 2.37. The molecule has 1 aromatic carbocycles. The van der Waals surface area contributed by atoms with Gasteiger partial charge in [-0.15, -0.1) is 0 Å². The SMILES string of the molecule is COc1ccc(CC(=O)NC2CCCNCC2)cc1. The van der Waals surface area contributed by atoms with Crippen LogP contribution in [0.25, 0.3) is 0 Å². The number of hydrogen-bond acceptors (Lipinski definition) is 3. The highest BCUT2D eigenvalue weighted by molar-refractivity contribution is 5.78. The summed E-state index contributed by atoms with van der Waals surface area (Å²) in [5.74, 6) is 0.927. The van der Waals surface area contributed by atoms with Crippen molar-refractivity contribution >= 4 is 5.91 Å². The van der Waals surface area contributed by atoms with E-state index in [0.717, 1.165) is 43.7 Å². The second kappa shape index (κ2) is 7.14. The minimum absolute atomic E-state index is 0.108. The third-order valence-corrected chi connectivity index (χ3v) is 3.46. The van der Waals surface area contributed by atoms with Crippen LogP contribution in [0.3, 0.4) is 0 Å². The Bertz CT molecular complexity index is 395. The van der Waals surface area contributed by atoms with Crippen molar-refractivity contribution < 1.29 is 9.53 Å². The first-order valence-electron chi connectivity index (χ1n) is 6.91. The zero-order chi connectivity index (χ0) is 13.5. The Labute approximate surface area is 114 Å². The molecule has 1 fully saturated rings. The molecule has 0 radical (unpaired) electrons. The summed E-state index contributed by atoms with van der Waals surface area (Å²) >= 11 is 0. The predicted octanol–water partition coefficient (Wildman–Crippen LogP) is 1.50. The number of rotatable bonds is 4. The molecule has 104 valence electrons. The molecule has 1 aliphatic rings. The lowest BCUT2D eigenvalue weighted by atomic mass is 10.1. The predicted molar refractivity (Wildman–Crippen MR) is 75.3 cm³/mol. The Hall–Kier alpha value is -1.55. The van der Waals surface area contributed by atoms with Crippen molar-refractivity contribution in [2.75, 3.05) is 20.2 Å². The Morgan fingerprint density at radius 3 is 2.84 bits per heavy atom. The molecular weight excluding hydrogens is 240 g/mol. The number of benzene rings is 1. The summed E-state index contributed by atoms with van der Waals surface area (Å²) in [6.45, 7) is 2.05. The van der Waals surface area contributed by atoms with E-state index in [2.05, 4.69) is 10.6 Å². The van der Waals surface area contributed by atoms with Gasteiger partial charge in [-0.25, -0.2) is 0 Å². The molecule has 2 rings (SSSR count). The van der Waals surface area contributed by atoms with Crippen molar-refractivity contribution in [3.05, 3.63) is 29.8 Å². The number of amides is 1. The summed E-state index contributed by atoms with van der Waals surface area (Å²) in [6, 6.07) is 7.97. The molecule has 19 heavy (non-hydrogen) atoms. The molecule has 0 aromatic heterocycles. The Morgan fingerprint density at radius 1 is 1.32 bits per heavy atom. The van der Waals surface area contributed by atoms with Crippen molar-refractivity contribution in [1.29, 1.82) is 0 Å². The van der Waals surface area contributed by atoms with E-state index in [1.165, 1.54) is 0 Å². The molecule has 1 aliphatic heterocycles. The van der Waals surface area contributed by atoms with Crippen LogP contribution in [0.1, 0.15) is 24.8 Å². The fraction of sp³-hybridized carbons (Fsp3) is 0.533. The maximum Gasteiger partial charge on any atom is 0.224 e. The van der Waals surface area contributed by atoms with Gasteiger partial charge >= 0.3 is 0 Å². The Balaban J connectivity index is 1.82. The molecule has 1 saturated heterocycles. The van der Waals surface area contributed by atoms with Crippen molar-refractivity contribution in [2.24, 2.45) is 0 Å². The minimum atomic E-state index is 0.108. The van der Waals surface area contributed by atoms with E-state index in [1.54, 1.807) is 7.11 Å². The third-order valence-electron chi connectivity index (χ3n) is 3.46. The number of hydrogen-bond donors (Lipinski definition) is 2. The summed E-state index contributed by atoms with van der Waals surface area (Å²) < 4.78 is 5.10. The first kappa shape index (κ1) is 13.9. The zero-order valence-electron chi connectivity index (χ0n) is 11.4. The summed E-state index contributed by atoms with van der Waals surface area (Å²) in [6.07, 6.45) is 3.66. The third kappa shape index (κ3) is 4.56. The van der Waals surface area contributed by atoms with Gasteiger partial charge in [0.25, 0.3) is 0 Å². The van der Waals surface area contributed by atoms with Gasteiger partial charge in [0.1, 0.15) is 5.75 Å². The molecule has 4 nitrogen and oxygen atoms in total. The molecule has 1 atom stereocenters. The van der Waals surface area contributed by atoms with E-state index < -0.39 is 0 Å². The summed E-state index contributed by atoms with van der Waals surface area (Å²) in [7, 11) is 1.64. The molecule has 0 aliphatic carbocycles. The van der Waals surface area contributed by atoms with Gasteiger partial charge in [0.2, 0.25) is 5.91 Å². The number of nitrogens with one attached hydrogen (secondary N) is 2. The normalized spacial score (nSPS) is 19.5. The minimum Gasteiger partial charge on any atom is -0.497 e. The lowest BCUT2D eigenvalue weighted by molar-refractivity contribution is -0.121. The van der Waals surface area contributed by atoms with Gasteiger partial charge in [-0.1, -0.05) is 12.1 Å². The first-order valence-corrected chi connectivity index (χ1v) is 6.91. The molecule has 1 unspecified atom stereocenters. The molecule has 0 saturated carbocycles. The number of carbonyl (C=O) groups is 1. The fourth-order valence-corrected chi connectivity index (χ4v) is 2.37. The van der Waals surface area contributed by atoms with Crippen molar-refractivity contribution in [3.8, 4) is 5.75 Å². The van der Waals surface area contributed by atoms with Crippen LogP contribution in [0.2, 0.25) is 0 Å². The highest BCUT2D eigenvalue weighted by Crippen LogP contribution is 2.12. The zero-order valence-corrected chi connectivity index (χ0v) is 11.4. The molecule has 1 heterocycles. The van der Waals surface area contributed by atoms with Crippen LogP contribution in [0.5, 0.6) is 5.75 Å². The van der Waals surface area contributed by atoms with Crippen molar-refractivity contribution in [1.82, 2.24) is 10.6 Å². The van der Waals surface area contributed by atoms with Crippen LogP contribution in [0.15, 0.2) is 24.3 Å². The second-order valence-corrected chi connectivity index (χ2v) is 4.97. The maximum absolute atomic E-state index is 12.0. The van der Waals surface area contributed by atoms with Crippen LogP contribution >= 0.6 is 0 Å². The monoisotopic (exact) mass is 262 g/mol. The van der Waals surface area contributed by atoms with Gasteiger partial charge in [-0.05, 0) is 50.0 Å². The Kier molecular flexibility index (Phi) is 5.21. The molecule has 4 heteroatoms. The van der Waals surface area contributed by atoms with E-state index in [0.29, 0.717) is 12.5 Å². The largest absolute Gasteiger partial charge is 0.497 e. The highest BCUT2D eigenvalue weighted by atomic mass is 16.5. The van der Waals surface area contributed by atoms with Crippen LogP contribution in [-0.2, 0) is 11.2 Å². The number of methoxy groups -OCH3 is 1. The van der Waals surface area contributed by atoms with Gasteiger partial charge in [0, 0.05) is 6.04 Å². The lowest BCUT2D eigenvalue weighted by Crippen LogP contribution is -2.36. The molecular formula is C15H22N2O2. The summed E-state index contributed by atoms with van der Waals surface area (Å²) in [5, 5.41) is 6.47. The smallest absolute Gasteiger partial charge is 0.224 e. The van der Waals surface area contributed by atoms with Gasteiger partial charge < -0.3 is 15.4 Å². The molecule has 1 amide bonds. The Morgan fingerprint density at radius 2 is 2.11 bits per heavy atom. The quantitative estimate of drug-likeness (QED) is 0.864. The van der Waals surface area contributed by atoms with Crippen molar-refractivity contribution in [3.63, 3.8) is 0 Å². The molecule has 0 bridgehead atoms. The van der Waals surface area contributed by atoms with Crippen LogP contribution < -0.4 is 15.4 Å². The number of ether oxygens (including phenoxy) is 1. The van der Waals surface area contributed by atoms with E-state index in [1.807, 2.05) is 24.3 Å². The van der Waals surface area contributed by atoms with Gasteiger partial charge in [-0.2, -0.15) is 0 Å². The van der Waals surface area contributed by atoms with E-state index in [-0.39, 0.29) is 5.91 Å². The molecule has 0 spiro atoms. The summed E-state index contributed by atoms with van der Waals surface area (Å²) in [4.78, 5) is 12.0. The van der Waals surface area contributed by atoms with Gasteiger partial charge in [-0.3, -0.25) is 4.79 Å². The van der Waals surface area contributed by atoms with E-state index >= 15 is 0 Å². The number of carbonyl (C=O) groups excluding carboxylic acids is 1. The van der Waals surface area contributed by atoms with Crippen LogP contribution in [-0.4, -0.2) is 32.1 Å². The molecule has 1 aromatic rings. The van der Waals surface area contributed by atoms with Crippen LogP contribution in [0.4, 0.5) is 0 Å². The average Bonchev–Trinajstić information content (AvgIpc) is 2.68. The standard InChI is InChI=1S/C15H22N2O2/c1-19-14-6-4-12(5-7-14)11-15(18)17-13-3-2-9-16-10-8-13/h4-7,13,16H,2-3,8-11H2,1H3,(H,17,18). The first-order chi connectivity index (χ1) is 9.28. The topological polar surface area (TPSA) is 50.4 Å². The van der Waals surface area contributed by atoms with E-state index in [4.69, 9.17) is 4.74 Å². The average molecular weight is 262 g/mol. The van der Waals surface area contributed by atoms with E-state index in [9.17, 15) is 4.79 Å². The van der Waals surface area contributed by atoms with Gasteiger partial charge in [0.15, 0.2) is 0 Å². The second-order valence-electron chi connectivity index (χ2n) is 4.97.